The zero-order valence-electron chi connectivity index (χ0n) is 10.4. The van der Waals surface area contributed by atoms with E-state index in [2.05, 4.69) is 15.9 Å². The Kier molecular flexibility index (Phi) is 4.93. The first-order chi connectivity index (χ1) is 8.56. The molecule has 0 saturated heterocycles. The Hall–Kier alpha value is -2.29. The molecule has 1 aromatic heterocycles. The summed E-state index contributed by atoms with van der Waals surface area (Å²) < 4.78 is 5.28. The summed E-state index contributed by atoms with van der Waals surface area (Å²) in [5, 5.41) is 8.82. The lowest BCUT2D eigenvalue weighted by molar-refractivity contribution is -0.135. The SMILES string of the molecule is C#CCN(CC(=O)O)c1nc(C)cc(OCC)n1. The molecule has 1 aromatic rings. The van der Waals surface area contributed by atoms with Gasteiger partial charge in [0.05, 0.1) is 13.2 Å². The van der Waals surface area contributed by atoms with Crippen LogP contribution in [0.5, 0.6) is 5.88 Å². The van der Waals surface area contributed by atoms with Gasteiger partial charge in [-0.1, -0.05) is 5.92 Å². The quantitative estimate of drug-likeness (QED) is 0.748. The fourth-order valence-electron chi connectivity index (χ4n) is 1.36. The van der Waals surface area contributed by atoms with Crippen LogP contribution in [0.25, 0.3) is 0 Å². The molecule has 6 nitrogen and oxygen atoms in total. The van der Waals surface area contributed by atoms with Gasteiger partial charge in [-0.3, -0.25) is 4.79 Å². The van der Waals surface area contributed by atoms with Crippen LogP contribution in [0.15, 0.2) is 6.07 Å². The van der Waals surface area contributed by atoms with Crippen LogP contribution in [0.2, 0.25) is 0 Å². The van der Waals surface area contributed by atoms with E-state index in [9.17, 15) is 4.79 Å². The first-order valence-corrected chi connectivity index (χ1v) is 5.45. The van der Waals surface area contributed by atoms with Gasteiger partial charge in [0.25, 0.3) is 0 Å². The highest BCUT2D eigenvalue weighted by molar-refractivity contribution is 5.72. The highest BCUT2D eigenvalue weighted by atomic mass is 16.5. The van der Waals surface area contributed by atoms with Gasteiger partial charge in [-0.05, 0) is 13.8 Å². The lowest BCUT2D eigenvalue weighted by atomic mass is 10.4. The number of carboxylic acids is 1. The molecule has 6 heteroatoms. The molecule has 0 aliphatic heterocycles. The monoisotopic (exact) mass is 249 g/mol. The number of hydrogen-bond acceptors (Lipinski definition) is 5. The Balaban J connectivity index is 3.03. The highest BCUT2D eigenvalue weighted by Gasteiger charge is 2.14. The zero-order valence-corrected chi connectivity index (χ0v) is 10.4. The maximum Gasteiger partial charge on any atom is 0.323 e. The normalized spacial score (nSPS) is 9.61. The molecular formula is C12H15N3O3. The van der Waals surface area contributed by atoms with Gasteiger partial charge in [0.15, 0.2) is 0 Å². The average Bonchev–Trinajstić information content (AvgIpc) is 2.27. The number of ether oxygens (including phenoxy) is 1. The van der Waals surface area contributed by atoms with Gasteiger partial charge in [0.1, 0.15) is 6.54 Å². The first-order valence-electron chi connectivity index (χ1n) is 5.45. The van der Waals surface area contributed by atoms with Gasteiger partial charge in [-0.15, -0.1) is 6.42 Å². The molecule has 96 valence electrons. The van der Waals surface area contributed by atoms with Crippen LogP contribution >= 0.6 is 0 Å². The molecule has 0 saturated carbocycles. The summed E-state index contributed by atoms with van der Waals surface area (Å²) in [5.41, 5.74) is 0.691. The number of nitrogens with zero attached hydrogens (tertiary/aromatic N) is 3. The molecule has 0 atom stereocenters. The zero-order chi connectivity index (χ0) is 13.5. The van der Waals surface area contributed by atoms with Crippen molar-refractivity contribution >= 4 is 11.9 Å². The number of aryl methyl sites for hydroxylation is 1. The third-order valence-electron chi connectivity index (χ3n) is 2.00. The molecule has 0 aliphatic rings. The summed E-state index contributed by atoms with van der Waals surface area (Å²) in [6.45, 7) is 3.97. The average molecular weight is 249 g/mol. The van der Waals surface area contributed by atoms with E-state index in [0.29, 0.717) is 18.2 Å². The predicted octanol–water partition coefficient (Wildman–Crippen LogP) is 0.708. The van der Waals surface area contributed by atoms with Crippen molar-refractivity contribution < 1.29 is 14.6 Å². The van der Waals surface area contributed by atoms with Crippen LogP contribution in [0.3, 0.4) is 0 Å². The van der Waals surface area contributed by atoms with Crippen LogP contribution in [0.1, 0.15) is 12.6 Å². The fraction of sp³-hybridized carbons (Fsp3) is 0.417. The summed E-state index contributed by atoms with van der Waals surface area (Å²) in [5.74, 6) is 2.06. The van der Waals surface area contributed by atoms with Crippen molar-refractivity contribution in [3.63, 3.8) is 0 Å². The lowest BCUT2D eigenvalue weighted by Crippen LogP contribution is -2.31. The largest absolute Gasteiger partial charge is 0.480 e. The molecule has 0 aliphatic carbocycles. The molecule has 1 rings (SSSR count). The molecule has 0 fully saturated rings. The van der Waals surface area contributed by atoms with Crippen LogP contribution < -0.4 is 9.64 Å². The summed E-state index contributed by atoms with van der Waals surface area (Å²) in [4.78, 5) is 20.5. The van der Waals surface area contributed by atoms with Crippen molar-refractivity contribution in [2.45, 2.75) is 13.8 Å². The van der Waals surface area contributed by atoms with Crippen molar-refractivity contribution in [1.82, 2.24) is 9.97 Å². The van der Waals surface area contributed by atoms with Crippen molar-refractivity contribution in [2.24, 2.45) is 0 Å². The van der Waals surface area contributed by atoms with Crippen molar-refractivity contribution in [2.75, 3.05) is 24.6 Å². The fourth-order valence-corrected chi connectivity index (χ4v) is 1.36. The van der Waals surface area contributed by atoms with Gasteiger partial charge in [0.2, 0.25) is 11.8 Å². The molecule has 18 heavy (non-hydrogen) atoms. The number of terminal acetylenes is 1. The predicted molar refractivity (Wildman–Crippen MR) is 66.6 cm³/mol. The van der Waals surface area contributed by atoms with E-state index in [-0.39, 0.29) is 19.0 Å². The second-order valence-electron chi connectivity index (χ2n) is 3.53. The Morgan fingerprint density at radius 1 is 1.61 bits per heavy atom. The second-order valence-corrected chi connectivity index (χ2v) is 3.53. The van der Waals surface area contributed by atoms with Gasteiger partial charge in [-0.25, -0.2) is 4.98 Å². The third-order valence-corrected chi connectivity index (χ3v) is 2.00. The Morgan fingerprint density at radius 3 is 2.89 bits per heavy atom. The molecule has 0 amide bonds. The summed E-state index contributed by atoms with van der Waals surface area (Å²) in [6, 6.07) is 1.68. The van der Waals surface area contributed by atoms with E-state index >= 15 is 0 Å². The summed E-state index contributed by atoms with van der Waals surface area (Å²) in [7, 11) is 0. The van der Waals surface area contributed by atoms with E-state index in [1.54, 1.807) is 13.0 Å². The minimum absolute atomic E-state index is 0.126. The number of aromatic nitrogens is 2. The van der Waals surface area contributed by atoms with E-state index < -0.39 is 5.97 Å². The maximum absolute atomic E-state index is 10.8. The molecule has 0 unspecified atom stereocenters. The van der Waals surface area contributed by atoms with E-state index in [4.69, 9.17) is 16.3 Å². The minimum atomic E-state index is -0.992. The van der Waals surface area contributed by atoms with Crippen molar-refractivity contribution in [3.05, 3.63) is 11.8 Å². The molecule has 1 N–H and O–H groups in total. The van der Waals surface area contributed by atoms with Crippen LogP contribution in [-0.4, -0.2) is 40.7 Å². The summed E-state index contributed by atoms with van der Waals surface area (Å²) in [6.07, 6.45) is 5.21. The van der Waals surface area contributed by atoms with E-state index in [1.165, 1.54) is 4.90 Å². The van der Waals surface area contributed by atoms with Crippen molar-refractivity contribution in [3.8, 4) is 18.2 Å². The smallest absolute Gasteiger partial charge is 0.323 e. The maximum atomic E-state index is 10.8. The van der Waals surface area contributed by atoms with Crippen LogP contribution in [-0.2, 0) is 4.79 Å². The molecule has 1 heterocycles. The van der Waals surface area contributed by atoms with Gasteiger partial charge in [-0.2, -0.15) is 4.98 Å². The van der Waals surface area contributed by atoms with Crippen molar-refractivity contribution in [1.29, 1.82) is 0 Å². The highest BCUT2D eigenvalue weighted by Crippen LogP contribution is 2.15. The first kappa shape index (κ1) is 13.8. The number of hydrogen-bond donors (Lipinski definition) is 1. The summed E-state index contributed by atoms with van der Waals surface area (Å²) >= 11 is 0. The molecule has 0 aromatic carbocycles. The number of carbonyl (C=O) groups is 1. The topological polar surface area (TPSA) is 75.6 Å². The second kappa shape index (κ2) is 6.45. The minimum Gasteiger partial charge on any atom is -0.480 e. The van der Waals surface area contributed by atoms with Gasteiger partial charge < -0.3 is 14.7 Å². The molecular weight excluding hydrogens is 234 g/mol. The Labute approximate surface area is 106 Å². The number of aliphatic carboxylic acids is 1. The Bertz CT molecular complexity index is 468. The third kappa shape index (κ3) is 3.94. The molecule has 0 bridgehead atoms. The van der Waals surface area contributed by atoms with Crippen LogP contribution in [0, 0.1) is 19.3 Å². The molecule has 0 radical (unpaired) electrons. The van der Waals surface area contributed by atoms with E-state index in [0.717, 1.165) is 0 Å². The molecule has 0 spiro atoms. The Morgan fingerprint density at radius 2 is 2.33 bits per heavy atom. The standard InChI is InChI=1S/C12H15N3O3/c1-4-6-15(8-11(16)17)12-13-9(3)7-10(14-12)18-5-2/h1,7H,5-6,8H2,2-3H3,(H,16,17). The van der Waals surface area contributed by atoms with Gasteiger partial charge in [0, 0.05) is 11.8 Å². The number of carboxylic acid groups (broad SMARTS) is 1. The number of anilines is 1. The lowest BCUT2D eigenvalue weighted by Gasteiger charge is -2.18. The number of rotatable bonds is 6. The van der Waals surface area contributed by atoms with Gasteiger partial charge >= 0.3 is 5.97 Å². The van der Waals surface area contributed by atoms with Crippen LogP contribution in [0.4, 0.5) is 5.95 Å². The van der Waals surface area contributed by atoms with E-state index in [1.807, 2.05) is 6.92 Å².